The molecule has 1 aromatic rings. The highest BCUT2D eigenvalue weighted by atomic mass is 32.2. The van der Waals surface area contributed by atoms with Gasteiger partial charge in [0.2, 0.25) is 5.91 Å². The van der Waals surface area contributed by atoms with Crippen LogP contribution < -0.4 is 11.1 Å². The predicted octanol–water partition coefficient (Wildman–Crippen LogP) is 0.892. The molecule has 0 aliphatic heterocycles. The van der Waals surface area contributed by atoms with Gasteiger partial charge in [0, 0.05) is 19.2 Å². The maximum atomic E-state index is 10.5. The highest BCUT2D eigenvalue weighted by Gasteiger charge is 1.95. The summed E-state index contributed by atoms with van der Waals surface area (Å²) >= 11 is 1.59. The van der Waals surface area contributed by atoms with Gasteiger partial charge in [-0.1, -0.05) is 0 Å². The second kappa shape index (κ2) is 5.49. The zero-order chi connectivity index (χ0) is 10.4. The number of carbonyl (C=O) groups is 1. The Morgan fingerprint density at radius 1 is 1.64 bits per heavy atom. The number of thioether (sulfide) groups is 1. The van der Waals surface area contributed by atoms with Gasteiger partial charge < -0.3 is 11.1 Å². The van der Waals surface area contributed by atoms with Crippen LogP contribution in [0.3, 0.4) is 0 Å². The van der Waals surface area contributed by atoms with Crippen LogP contribution in [0.25, 0.3) is 0 Å². The lowest BCUT2D eigenvalue weighted by Crippen LogP contribution is -2.22. The standard InChI is InChI=1S/C9H13N3OS/c1-7(13)11-4-5-14-9-3-2-8(10)6-12-9/h2-3,6H,4-5,10H2,1H3,(H,11,13). The minimum atomic E-state index is -0.00383. The van der Waals surface area contributed by atoms with E-state index in [0.29, 0.717) is 12.2 Å². The minimum Gasteiger partial charge on any atom is -0.397 e. The van der Waals surface area contributed by atoms with Crippen molar-refractivity contribution in [3.05, 3.63) is 18.3 Å². The van der Waals surface area contributed by atoms with Gasteiger partial charge in [0.1, 0.15) is 0 Å². The molecule has 3 N–H and O–H groups in total. The number of nitrogens with two attached hydrogens (primary N) is 1. The second-order valence-electron chi connectivity index (χ2n) is 2.76. The van der Waals surface area contributed by atoms with Crippen molar-refractivity contribution >= 4 is 23.4 Å². The van der Waals surface area contributed by atoms with Crippen LogP contribution in [-0.2, 0) is 4.79 Å². The lowest BCUT2D eigenvalue weighted by atomic mass is 10.4. The van der Waals surface area contributed by atoms with Gasteiger partial charge in [-0.3, -0.25) is 4.79 Å². The van der Waals surface area contributed by atoms with Gasteiger partial charge in [0.15, 0.2) is 0 Å². The summed E-state index contributed by atoms with van der Waals surface area (Å²) in [5, 5.41) is 3.64. The molecule has 0 aliphatic rings. The van der Waals surface area contributed by atoms with Crippen LogP contribution in [-0.4, -0.2) is 23.2 Å². The van der Waals surface area contributed by atoms with Crippen molar-refractivity contribution in [1.82, 2.24) is 10.3 Å². The lowest BCUT2D eigenvalue weighted by Gasteiger charge is -2.01. The molecule has 1 amide bonds. The molecule has 1 aromatic heterocycles. The van der Waals surface area contributed by atoms with Crippen LogP contribution in [0.2, 0.25) is 0 Å². The van der Waals surface area contributed by atoms with Crippen molar-refractivity contribution in [2.24, 2.45) is 0 Å². The van der Waals surface area contributed by atoms with Crippen LogP contribution in [0, 0.1) is 0 Å². The first-order chi connectivity index (χ1) is 6.68. The highest BCUT2D eigenvalue weighted by Crippen LogP contribution is 2.14. The van der Waals surface area contributed by atoms with Crippen LogP contribution in [0.15, 0.2) is 23.4 Å². The Hall–Kier alpha value is -1.23. The number of nitrogens with zero attached hydrogens (tertiary/aromatic N) is 1. The normalized spacial score (nSPS) is 9.79. The van der Waals surface area contributed by atoms with E-state index in [1.165, 1.54) is 6.92 Å². The predicted molar refractivity (Wildman–Crippen MR) is 58.1 cm³/mol. The van der Waals surface area contributed by atoms with Gasteiger partial charge in [-0.15, -0.1) is 11.8 Å². The molecule has 1 rings (SSSR count). The quantitative estimate of drug-likeness (QED) is 0.573. The first-order valence-electron chi connectivity index (χ1n) is 4.27. The topological polar surface area (TPSA) is 68.0 Å². The minimum absolute atomic E-state index is 0.00383. The van der Waals surface area contributed by atoms with E-state index in [1.54, 1.807) is 18.0 Å². The summed E-state index contributed by atoms with van der Waals surface area (Å²) in [5.74, 6) is 0.812. The molecule has 0 atom stereocenters. The number of hydrogen-bond acceptors (Lipinski definition) is 4. The largest absolute Gasteiger partial charge is 0.397 e. The molecule has 0 bridgehead atoms. The molecule has 4 nitrogen and oxygen atoms in total. The third kappa shape index (κ3) is 4.13. The van der Waals surface area contributed by atoms with Gasteiger partial charge in [-0.05, 0) is 12.1 Å². The molecule has 0 spiro atoms. The molecule has 0 aromatic carbocycles. The molecule has 0 radical (unpaired) electrons. The fourth-order valence-corrected chi connectivity index (χ4v) is 1.56. The van der Waals surface area contributed by atoms with E-state index in [0.717, 1.165) is 10.8 Å². The molecule has 76 valence electrons. The van der Waals surface area contributed by atoms with Crippen LogP contribution in [0.4, 0.5) is 5.69 Å². The Labute approximate surface area is 87.3 Å². The number of nitrogens with one attached hydrogen (secondary N) is 1. The maximum absolute atomic E-state index is 10.5. The number of aromatic nitrogens is 1. The Bertz CT molecular complexity index is 299. The number of rotatable bonds is 4. The molecule has 1 heterocycles. The summed E-state index contributed by atoms with van der Waals surface area (Å²) in [6.45, 7) is 2.16. The van der Waals surface area contributed by atoms with E-state index in [2.05, 4.69) is 10.3 Å². The number of anilines is 1. The van der Waals surface area contributed by atoms with E-state index < -0.39 is 0 Å². The first kappa shape index (κ1) is 10.8. The average Bonchev–Trinajstić information content (AvgIpc) is 2.15. The molecular weight excluding hydrogens is 198 g/mol. The van der Waals surface area contributed by atoms with Crippen molar-refractivity contribution < 1.29 is 4.79 Å². The molecule has 14 heavy (non-hydrogen) atoms. The van der Waals surface area contributed by atoms with Crippen molar-refractivity contribution in [3.63, 3.8) is 0 Å². The number of pyridine rings is 1. The summed E-state index contributed by atoms with van der Waals surface area (Å²) in [6, 6.07) is 3.68. The van der Waals surface area contributed by atoms with E-state index in [4.69, 9.17) is 5.73 Å². The lowest BCUT2D eigenvalue weighted by molar-refractivity contribution is -0.118. The fourth-order valence-electron chi connectivity index (χ4n) is 0.860. The number of amides is 1. The van der Waals surface area contributed by atoms with E-state index >= 15 is 0 Å². The van der Waals surface area contributed by atoms with Gasteiger partial charge in [0.05, 0.1) is 16.9 Å². The molecule has 0 saturated heterocycles. The molecule has 0 fully saturated rings. The third-order valence-corrected chi connectivity index (χ3v) is 2.43. The Morgan fingerprint density at radius 2 is 2.43 bits per heavy atom. The van der Waals surface area contributed by atoms with Crippen molar-refractivity contribution in [3.8, 4) is 0 Å². The Kier molecular flexibility index (Phi) is 4.25. The van der Waals surface area contributed by atoms with Gasteiger partial charge in [0.25, 0.3) is 0 Å². The van der Waals surface area contributed by atoms with Crippen molar-refractivity contribution in [1.29, 1.82) is 0 Å². The zero-order valence-electron chi connectivity index (χ0n) is 7.99. The van der Waals surface area contributed by atoms with Crippen LogP contribution >= 0.6 is 11.8 Å². The summed E-state index contributed by atoms with van der Waals surface area (Å²) in [6.07, 6.45) is 1.63. The molecule has 5 heteroatoms. The fraction of sp³-hybridized carbons (Fsp3) is 0.333. The van der Waals surface area contributed by atoms with E-state index in [1.807, 2.05) is 12.1 Å². The zero-order valence-corrected chi connectivity index (χ0v) is 8.80. The maximum Gasteiger partial charge on any atom is 0.216 e. The molecule has 0 unspecified atom stereocenters. The third-order valence-electron chi connectivity index (χ3n) is 1.49. The number of nitrogen functional groups attached to an aromatic ring is 1. The summed E-state index contributed by atoms with van der Waals surface area (Å²) in [5.41, 5.74) is 6.16. The second-order valence-corrected chi connectivity index (χ2v) is 3.88. The first-order valence-corrected chi connectivity index (χ1v) is 5.26. The van der Waals surface area contributed by atoms with Crippen LogP contribution in [0.5, 0.6) is 0 Å². The summed E-state index contributed by atoms with van der Waals surface area (Å²) in [7, 11) is 0. The number of hydrogen-bond donors (Lipinski definition) is 2. The van der Waals surface area contributed by atoms with Gasteiger partial charge >= 0.3 is 0 Å². The summed E-state index contributed by atoms with van der Waals surface area (Å²) < 4.78 is 0. The SMILES string of the molecule is CC(=O)NCCSc1ccc(N)cn1. The van der Waals surface area contributed by atoms with Crippen LogP contribution in [0.1, 0.15) is 6.92 Å². The molecule has 0 saturated carbocycles. The van der Waals surface area contributed by atoms with Gasteiger partial charge in [-0.25, -0.2) is 4.98 Å². The summed E-state index contributed by atoms with van der Waals surface area (Å²) in [4.78, 5) is 14.7. The van der Waals surface area contributed by atoms with Gasteiger partial charge in [-0.2, -0.15) is 0 Å². The molecular formula is C9H13N3OS. The Morgan fingerprint density at radius 3 is 3.00 bits per heavy atom. The van der Waals surface area contributed by atoms with E-state index in [-0.39, 0.29) is 5.91 Å². The van der Waals surface area contributed by atoms with Crippen molar-refractivity contribution in [2.75, 3.05) is 18.0 Å². The average molecular weight is 211 g/mol. The molecule has 0 aliphatic carbocycles. The number of carbonyl (C=O) groups excluding carboxylic acids is 1. The monoisotopic (exact) mass is 211 g/mol. The Balaban J connectivity index is 2.25. The van der Waals surface area contributed by atoms with E-state index in [9.17, 15) is 4.79 Å². The van der Waals surface area contributed by atoms with Crippen molar-refractivity contribution in [2.45, 2.75) is 11.9 Å². The smallest absolute Gasteiger partial charge is 0.216 e. The highest BCUT2D eigenvalue weighted by molar-refractivity contribution is 7.99.